The molecule has 6 aromatic carbocycles. The van der Waals surface area contributed by atoms with Crippen LogP contribution >= 0.6 is 0 Å². The number of aromatic nitrogens is 4. The average molecular weight is 665 g/mol. The van der Waals surface area contributed by atoms with Gasteiger partial charge in [-0.1, -0.05) is 146 Å². The third-order valence-electron chi connectivity index (χ3n) is 9.58. The Bertz CT molecular complexity index is 2430. The van der Waals surface area contributed by atoms with Crippen LogP contribution in [0.5, 0.6) is 0 Å². The van der Waals surface area contributed by atoms with Gasteiger partial charge in [0, 0.05) is 46.3 Å². The molecule has 10 rings (SSSR count). The van der Waals surface area contributed by atoms with Gasteiger partial charge in [0.2, 0.25) is 0 Å². The Morgan fingerprint density at radius 3 is 0.635 bits per heavy atom. The summed E-state index contributed by atoms with van der Waals surface area (Å²) in [6.45, 7) is 0. The molecule has 0 bridgehead atoms. The lowest BCUT2D eigenvalue weighted by molar-refractivity contribution is 1.37. The highest BCUT2D eigenvalue weighted by Crippen LogP contribution is 2.36. The lowest BCUT2D eigenvalue weighted by Crippen LogP contribution is -1.90. The first-order valence-electron chi connectivity index (χ1n) is 17.4. The minimum absolute atomic E-state index is 0.946. The van der Waals surface area contributed by atoms with E-state index in [0.29, 0.717) is 0 Å². The number of rotatable bonds is 4. The van der Waals surface area contributed by atoms with E-state index in [-0.39, 0.29) is 0 Å². The molecule has 0 spiro atoms. The van der Waals surface area contributed by atoms with Gasteiger partial charge >= 0.3 is 0 Å². The van der Waals surface area contributed by atoms with E-state index < -0.39 is 0 Å². The first kappa shape index (κ1) is 31.0. The van der Waals surface area contributed by atoms with Gasteiger partial charge in [0.05, 0.1) is 22.1 Å². The van der Waals surface area contributed by atoms with E-state index in [1.165, 1.54) is 44.5 Å². The summed E-state index contributed by atoms with van der Waals surface area (Å²) >= 11 is 0. The molecule has 0 fully saturated rings. The lowest BCUT2D eigenvalue weighted by atomic mass is 9.97. The lowest BCUT2D eigenvalue weighted by Gasteiger charge is -2.11. The van der Waals surface area contributed by atoms with Crippen molar-refractivity contribution in [2.24, 2.45) is 0 Å². The standard InChI is InChI=1S/2C24H16N2/c2*1-3-7-17(8-4-1)19-13-15-25-23-21(19)11-12-22-20(14-16-26-24(22)23)18-9-5-2-6-10-18/h2*1-16H. The topological polar surface area (TPSA) is 51.6 Å². The van der Waals surface area contributed by atoms with Crippen LogP contribution in [0.2, 0.25) is 0 Å². The number of benzene rings is 6. The van der Waals surface area contributed by atoms with E-state index in [0.717, 1.165) is 43.6 Å². The van der Waals surface area contributed by atoms with Crippen molar-refractivity contribution in [2.45, 2.75) is 0 Å². The Balaban J connectivity index is 0.000000138. The third kappa shape index (κ3) is 5.72. The van der Waals surface area contributed by atoms with Crippen LogP contribution in [0.3, 0.4) is 0 Å². The number of hydrogen-bond donors (Lipinski definition) is 0. The van der Waals surface area contributed by atoms with Crippen molar-refractivity contribution in [2.75, 3.05) is 0 Å². The van der Waals surface area contributed by atoms with Crippen LogP contribution in [0.15, 0.2) is 195 Å². The van der Waals surface area contributed by atoms with Crippen molar-refractivity contribution in [1.82, 2.24) is 19.9 Å². The van der Waals surface area contributed by atoms with Crippen molar-refractivity contribution in [3.63, 3.8) is 0 Å². The van der Waals surface area contributed by atoms with Gasteiger partial charge < -0.3 is 0 Å². The molecule has 10 aromatic rings. The summed E-state index contributed by atoms with van der Waals surface area (Å²) in [4.78, 5) is 18.7. The number of nitrogens with zero attached hydrogens (tertiary/aromatic N) is 4. The van der Waals surface area contributed by atoms with E-state index in [9.17, 15) is 0 Å². The Hall–Kier alpha value is -7.04. The summed E-state index contributed by atoms with van der Waals surface area (Å²) < 4.78 is 0. The summed E-state index contributed by atoms with van der Waals surface area (Å²) in [6, 6.07) is 58.7. The summed E-state index contributed by atoms with van der Waals surface area (Å²) in [5.41, 5.74) is 13.3. The van der Waals surface area contributed by atoms with Gasteiger partial charge in [-0.2, -0.15) is 0 Å². The maximum Gasteiger partial charge on any atom is 0.0970 e. The zero-order chi connectivity index (χ0) is 34.7. The van der Waals surface area contributed by atoms with Gasteiger partial charge in [0.15, 0.2) is 0 Å². The Morgan fingerprint density at radius 2 is 0.423 bits per heavy atom. The molecule has 4 heterocycles. The molecule has 0 saturated carbocycles. The van der Waals surface area contributed by atoms with Crippen LogP contribution in [0.4, 0.5) is 0 Å². The second kappa shape index (κ2) is 13.7. The minimum atomic E-state index is 0.946. The van der Waals surface area contributed by atoms with Crippen LogP contribution in [0.25, 0.3) is 88.1 Å². The van der Waals surface area contributed by atoms with Crippen LogP contribution in [0, 0.1) is 0 Å². The highest BCUT2D eigenvalue weighted by Gasteiger charge is 2.13. The normalized spacial score (nSPS) is 11.1. The molecule has 4 heteroatoms. The Kier molecular flexibility index (Phi) is 8.16. The fourth-order valence-electron chi connectivity index (χ4n) is 7.13. The van der Waals surface area contributed by atoms with Crippen molar-refractivity contribution >= 4 is 43.6 Å². The molecular formula is C48H32N4. The van der Waals surface area contributed by atoms with Gasteiger partial charge in [-0.25, -0.2) is 0 Å². The van der Waals surface area contributed by atoms with E-state index >= 15 is 0 Å². The molecule has 0 aliphatic heterocycles. The van der Waals surface area contributed by atoms with Gasteiger partial charge in [-0.15, -0.1) is 0 Å². The van der Waals surface area contributed by atoms with Crippen LogP contribution in [-0.2, 0) is 0 Å². The van der Waals surface area contributed by atoms with Gasteiger partial charge in [-0.3, -0.25) is 19.9 Å². The largest absolute Gasteiger partial charge is 0.254 e. The molecule has 0 saturated heterocycles. The predicted molar refractivity (Wildman–Crippen MR) is 216 cm³/mol. The van der Waals surface area contributed by atoms with Crippen LogP contribution in [0.1, 0.15) is 0 Å². The molecule has 0 unspecified atom stereocenters. The molecule has 0 aliphatic carbocycles. The fourth-order valence-corrected chi connectivity index (χ4v) is 7.13. The highest BCUT2D eigenvalue weighted by atomic mass is 14.7. The molecule has 52 heavy (non-hydrogen) atoms. The molecule has 0 atom stereocenters. The predicted octanol–water partition coefficient (Wildman–Crippen LogP) is 12.2. The van der Waals surface area contributed by atoms with Gasteiger partial charge in [-0.05, 0) is 68.8 Å². The average Bonchev–Trinajstić information content (AvgIpc) is 3.24. The Labute approximate surface area is 301 Å². The van der Waals surface area contributed by atoms with Crippen LogP contribution in [-0.4, -0.2) is 19.9 Å². The van der Waals surface area contributed by atoms with E-state index in [4.69, 9.17) is 0 Å². The maximum absolute atomic E-state index is 4.67. The molecule has 0 amide bonds. The highest BCUT2D eigenvalue weighted by molar-refractivity contribution is 6.12. The second-order valence-electron chi connectivity index (χ2n) is 12.6. The zero-order valence-corrected chi connectivity index (χ0v) is 28.3. The molecule has 0 N–H and O–H groups in total. The number of hydrogen-bond acceptors (Lipinski definition) is 4. The summed E-state index contributed by atoms with van der Waals surface area (Å²) in [6.07, 6.45) is 7.50. The first-order chi connectivity index (χ1) is 25.8. The van der Waals surface area contributed by atoms with Crippen molar-refractivity contribution in [1.29, 1.82) is 0 Å². The van der Waals surface area contributed by atoms with E-state index in [2.05, 4.69) is 166 Å². The first-order valence-corrected chi connectivity index (χ1v) is 17.4. The monoisotopic (exact) mass is 664 g/mol. The van der Waals surface area contributed by atoms with Crippen LogP contribution < -0.4 is 0 Å². The SMILES string of the molecule is c1ccc(-c2ccnc3c2ccc2c(-c4ccccc4)ccnc23)cc1.c1ccc(-c2ccnc3c2ccc2c(-c4ccccc4)ccnc23)cc1. The van der Waals surface area contributed by atoms with Crippen molar-refractivity contribution in [3.05, 3.63) is 195 Å². The molecule has 244 valence electrons. The molecule has 0 radical (unpaired) electrons. The summed E-state index contributed by atoms with van der Waals surface area (Å²) in [7, 11) is 0. The quantitative estimate of drug-likeness (QED) is 0.176. The maximum atomic E-state index is 4.67. The summed E-state index contributed by atoms with van der Waals surface area (Å²) in [5, 5.41) is 4.51. The summed E-state index contributed by atoms with van der Waals surface area (Å²) in [5.74, 6) is 0. The second-order valence-corrected chi connectivity index (χ2v) is 12.6. The molecule has 4 nitrogen and oxygen atoms in total. The van der Waals surface area contributed by atoms with E-state index in [1.54, 1.807) is 0 Å². The van der Waals surface area contributed by atoms with Crippen molar-refractivity contribution in [3.8, 4) is 44.5 Å². The molecule has 0 aliphatic rings. The molecular weight excluding hydrogens is 633 g/mol. The molecule has 4 aromatic heterocycles. The van der Waals surface area contributed by atoms with Gasteiger partial charge in [0.25, 0.3) is 0 Å². The van der Waals surface area contributed by atoms with Crippen molar-refractivity contribution < 1.29 is 0 Å². The Morgan fingerprint density at radius 1 is 0.212 bits per heavy atom. The van der Waals surface area contributed by atoms with Gasteiger partial charge in [0.1, 0.15) is 0 Å². The smallest absolute Gasteiger partial charge is 0.0970 e. The number of fused-ring (bicyclic) bond motifs is 6. The third-order valence-corrected chi connectivity index (χ3v) is 9.58. The van der Waals surface area contributed by atoms with E-state index in [1.807, 2.05) is 49.1 Å². The fraction of sp³-hybridized carbons (Fsp3) is 0. The number of pyridine rings is 4. The zero-order valence-electron chi connectivity index (χ0n) is 28.3. The minimum Gasteiger partial charge on any atom is -0.254 e.